The number of aliphatic hydroxyl groups is 1. The summed E-state index contributed by atoms with van der Waals surface area (Å²) in [6, 6.07) is 10.6. The molecule has 0 radical (unpaired) electrons. The van der Waals surface area contributed by atoms with E-state index in [-0.39, 0.29) is 6.54 Å². The Hall–Kier alpha value is -2.60. The van der Waals surface area contributed by atoms with Crippen LogP contribution in [0.3, 0.4) is 0 Å². The Morgan fingerprint density at radius 3 is 2.83 bits per heavy atom. The Bertz CT molecular complexity index is 691. The Labute approximate surface area is 134 Å². The molecular formula is C17H19FN2O3. The molecule has 2 amide bonds. The summed E-state index contributed by atoms with van der Waals surface area (Å²) in [7, 11) is 1.54. The predicted octanol–water partition coefficient (Wildman–Crippen LogP) is 3.00. The lowest BCUT2D eigenvalue weighted by Crippen LogP contribution is -2.32. The number of rotatable bonds is 5. The van der Waals surface area contributed by atoms with E-state index in [4.69, 9.17) is 4.74 Å². The van der Waals surface area contributed by atoms with Crippen LogP contribution in [0.2, 0.25) is 0 Å². The number of hydrogen-bond donors (Lipinski definition) is 3. The number of halogens is 1. The van der Waals surface area contributed by atoms with Gasteiger partial charge in [-0.1, -0.05) is 18.2 Å². The standard InChI is InChI=1S/C17H19FN2O3/c1-11-6-7-13(18)9-15(11)20-17(22)19-10-16(21)12-4-3-5-14(8-12)23-2/h3-9,16,21H,10H2,1-2H3,(H2,19,20,22). The number of aliphatic hydroxyl groups excluding tert-OH is 1. The number of aryl methyl sites for hydroxylation is 1. The quantitative estimate of drug-likeness (QED) is 0.793. The van der Waals surface area contributed by atoms with Crippen molar-refractivity contribution in [3.63, 3.8) is 0 Å². The number of carbonyl (C=O) groups excluding carboxylic acids is 1. The van der Waals surface area contributed by atoms with E-state index in [0.29, 0.717) is 17.0 Å². The van der Waals surface area contributed by atoms with E-state index < -0.39 is 18.0 Å². The van der Waals surface area contributed by atoms with Crippen molar-refractivity contribution in [2.24, 2.45) is 0 Å². The summed E-state index contributed by atoms with van der Waals surface area (Å²) in [6.07, 6.45) is -0.871. The Morgan fingerprint density at radius 2 is 2.09 bits per heavy atom. The minimum atomic E-state index is -0.871. The van der Waals surface area contributed by atoms with Crippen LogP contribution in [-0.4, -0.2) is 24.8 Å². The number of hydrogen-bond acceptors (Lipinski definition) is 3. The van der Waals surface area contributed by atoms with Gasteiger partial charge in [-0.3, -0.25) is 0 Å². The smallest absolute Gasteiger partial charge is 0.319 e. The molecular weight excluding hydrogens is 299 g/mol. The second kappa shape index (κ2) is 7.60. The number of anilines is 1. The molecule has 1 unspecified atom stereocenters. The van der Waals surface area contributed by atoms with E-state index in [1.54, 1.807) is 44.4 Å². The monoisotopic (exact) mass is 318 g/mol. The molecule has 5 nitrogen and oxygen atoms in total. The Balaban J connectivity index is 1.92. The lowest BCUT2D eigenvalue weighted by Gasteiger charge is -2.14. The van der Waals surface area contributed by atoms with E-state index >= 15 is 0 Å². The highest BCUT2D eigenvalue weighted by Gasteiger charge is 2.11. The van der Waals surface area contributed by atoms with Crippen LogP contribution in [0, 0.1) is 12.7 Å². The maximum absolute atomic E-state index is 13.2. The molecule has 0 fully saturated rings. The van der Waals surface area contributed by atoms with Gasteiger partial charge in [-0.2, -0.15) is 0 Å². The van der Waals surface area contributed by atoms with E-state index in [1.807, 2.05) is 0 Å². The molecule has 2 rings (SSSR count). The topological polar surface area (TPSA) is 70.6 Å². The molecule has 0 spiro atoms. The fraction of sp³-hybridized carbons (Fsp3) is 0.235. The second-order valence-corrected chi connectivity index (χ2v) is 5.09. The molecule has 0 aliphatic carbocycles. The zero-order valence-electron chi connectivity index (χ0n) is 13.0. The summed E-state index contributed by atoms with van der Waals surface area (Å²) in [5.41, 5.74) is 1.76. The third-order valence-corrected chi connectivity index (χ3v) is 3.38. The van der Waals surface area contributed by atoms with Crippen LogP contribution in [0.25, 0.3) is 0 Å². The lowest BCUT2D eigenvalue weighted by atomic mass is 10.1. The Morgan fingerprint density at radius 1 is 1.30 bits per heavy atom. The summed E-state index contributed by atoms with van der Waals surface area (Å²) < 4.78 is 18.3. The first-order valence-corrected chi connectivity index (χ1v) is 7.12. The fourth-order valence-corrected chi connectivity index (χ4v) is 2.05. The van der Waals surface area contributed by atoms with Gasteiger partial charge < -0.3 is 20.5 Å². The first-order valence-electron chi connectivity index (χ1n) is 7.12. The van der Waals surface area contributed by atoms with Gasteiger partial charge in [0.15, 0.2) is 0 Å². The fourth-order valence-electron chi connectivity index (χ4n) is 2.05. The Kier molecular flexibility index (Phi) is 5.54. The average molecular weight is 318 g/mol. The van der Waals surface area contributed by atoms with Gasteiger partial charge in [0.1, 0.15) is 11.6 Å². The molecule has 0 aliphatic heterocycles. The molecule has 0 aromatic heterocycles. The number of benzene rings is 2. The molecule has 0 saturated heterocycles. The molecule has 2 aromatic rings. The molecule has 1 atom stereocenters. The molecule has 3 N–H and O–H groups in total. The highest BCUT2D eigenvalue weighted by molar-refractivity contribution is 5.90. The number of amides is 2. The number of methoxy groups -OCH3 is 1. The van der Waals surface area contributed by atoms with Crippen molar-refractivity contribution in [1.29, 1.82) is 0 Å². The molecule has 122 valence electrons. The van der Waals surface area contributed by atoms with Crippen LogP contribution in [0.15, 0.2) is 42.5 Å². The van der Waals surface area contributed by atoms with Gasteiger partial charge in [0.2, 0.25) is 0 Å². The summed E-state index contributed by atoms with van der Waals surface area (Å²) in [6.45, 7) is 1.79. The zero-order valence-corrected chi connectivity index (χ0v) is 13.0. The van der Waals surface area contributed by atoms with Crippen LogP contribution in [-0.2, 0) is 0 Å². The molecule has 0 bridgehead atoms. The van der Waals surface area contributed by atoms with E-state index in [9.17, 15) is 14.3 Å². The maximum atomic E-state index is 13.2. The number of nitrogens with one attached hydrogen (secondary N) is 2. The highest BCUT2D eigenvalue weighted by Crippen LogP contribution is 2.19. The number of carbonyl (C=O) groups is 1. The van der Waals surface area contributed by atoms with Crippen molar-refractivity contribution in [2.45, 2.75) is 13.0 Å². The minimum Gasteiger partial charge on any atom is -0.497 e. The van der Waals surface area contributed by atoms with E-state index in [2.05, 4.69) is 10.6 Å². The molecule has 23 heavy (non-hydrogen) atoms. The zero-order chi connectivity index (χ0) is 16.8. The maximum Gasteiger partial charge on any atom is 0.319 e. The van der Waals surface area contributed by atoms with Crippen molar-refractivity contribution in [1.82, 2.24) is 5.32 Å². The van der Waals surface area contributed by atoms with Crippen molar-refractivity contribution in [2.75, 3.05) is 19.0 Å². The lowest BCUT2D eigenvalue weighted by molar-refractivity contribution is 0.175. The van der Waals surface area contributed by atoms with Gasteiger partial charge in [-0.15, -0.1) is 0 Å². The summed E-state index contributed by atoms with van der Waals surface area (Å²) in [5, 5.41) is 15.2. The van der Waals surface area contributed by atoms with Gasteiger partial charge in [0.05, 0.1) is 13.2 Å². The van der Waals surface area contributed by atoms with Crippen LogP contribution in [0.1, 0.15) is 17.2 Å². The number of ether oxygens (including phenoxy) is 1. The van der Waals surface area contributed by atoms with E-state index in [0.717, 1.165) is 5.56 Å². The van der Waals surface area contributed by atoms with Gasteiger partial charge >= 0.3 is 6.03 Å². The molecule has 0 heterocycles. The second-order valence-electron chi connectivity index (χ2n) is 5.09. The van der Waals surface area contributed by atoms with Crippen LogP contribution in [0.5, 0.6) is 5.75 Å². The third-order valence-electron chi connectivity index (χ3n) is 3.38. The van der Waals surface area contributed by atoms with Crippen LogP contribution >= 0.6 is 0 Å². The van der Waals surface area contributed by atoms with Crippen molar-refractivity contribution >= 4 is 11.7 Å². The molecule has 0 saturated carbocycles. The van der Waals surface area contributed by atoms with Gasteiger partial charge in [0.25, 0.3) is 0 Å². The van der Waals surface area contributed by atoms with Crippen LogP contribution < -0.4 is 15.4 Å². The largest absolute Gasteiger partial charge is 0.497 e. The predicted molar refractivity (Wildman–Crippen MR) is 86.1 cm³/mol. The van der Waals surface area contributed by atoms with Gasteiger partial charge in [0, 0.05) is 12.2 Å². The van der Waals surface area contributed by atoms with Gasteiger partial charge in [-0.25, -0.2) is 9.18 Å². The van der Waals surface area contributed by atoms with Crippen LogP contribution in [0.4, 0.5) is 14.9 Å². The SMILES string of the molecule is COc1cccc(C(O)CNC(=O)Nc2cc(F)ccc2C)c1. The molecule has 2 aromatic carbocycles. The van der Waals surface area contributed by atoms with Crippen molar-refractivity contribution in [3.8, 4) is 5.75 Å². The van der Waals surface area contributed by atoms with Crippen molar-refractivity contribution in [3.05, 3.63) is 59.4 Å². The third kappa shape index (κ3) is 4.69. The normalized spacial score (nSPS) is 11.7. The van der Waals surface area contributed by atoms with Crippen molar-refractivity contribution < 1.29 is 19.0 Å². The summed E-state index contributed by atoms with van der Waals surface area (Å²) in [5.74, 6) is 0.198. The first-order chi connectivity index (χ1) is 11.0. The molecule has 0 aliphatic rings. The summed E-state index contributed by atoms with van der Waals surface area (Å²) >= 11 is 0. The highest BCUT2D eigenvalue weighted by atomic mass is 19.1. The average Bonchev–Trinajstić information content (AvgIpc) is 2.56. The first kappa shape index (κ1) is 16.8. The molecule has 6 heteroatoms. The minimum absolute atomic E-state index is 0.0212. The summed E-state index contributed by atoms with van der Waals surface area (Å²) in [4.78, 5) is 11.9. The number of urea groups is 1. The van der Waals surface area contributed by atoms with Gasteiger partial charge in [-0.05, 0) is 42.3 Å². The van der Waals surface area contributed by atoms with E-state index in [1.165, 1.54) is 12.1 Å².